The van der Waals surface area contributed by atoms with Crippen LogP contribution < -0.4 is 10.6 Å². The highest BCUT2D eigenvalue weighted by Crippen LogP contribution is 2.32. The molecule has 0 aliphatic carbocycles. The number of nitrogens with zero attached hydrogens (tertiary/aromatic N) is 2. The second kappa shape index (κ2) is 7.11. The Kier molecular flexibility index (Phi) is 5.11. The average Bonchev–Trinajstić information content (AvgIpc) is 2.96. The van der Waals surface area contributed by atoms with Crippen LogP contribution in [0.2, 0.25) is 5.02 Å². The molecule has 0 bridgehead atoms. The molecule has 2 fully saturated rings. The first-order valence-corrected chi connectivity index (χ1v) is 8.94. The third-order valence-electron chi connectivity index (χ3n) is 5.13. The van der Waals surface area contributed by atoms with Crippen molar-refractivity contribution in [3.05, 3.63) is 29.3 Å². The molecule has 0 aromatic heterocycles. The van der Waals surface area contributed by atoms with E-state index in [2.05, 4.69) is 0 Å². The highest BCUT2D eigenvalue weighted by atomic mass is 35.5. The standard InChI is InChI=1S/C18H24ClN3O2/c1-12(20)13-5-4-8-21(10-13)18(24)14-9-17(23)22(11-14)16-7-3-2-6-15(16)19/h2-3,6-7,12-14H,4-5,8-11,20H2,1H3/t12-,13+,14-/m0/s1. The number of carbonyl (C=O) groups is 2. The molecule has 2 saturated heterocycles. The second-order valence-electron chi connectivity index (χ2n) is 6.90. The average molecular weight is 350 g/mol. The minimum Gasteiger partial charge on any atom is -0.342 e. The summed E-state index contributed by atoms with van der Waals surface area (Å²) in [5.41, 5.74) is 6.69. The van der Waals surface area contributed by atoms with E-state index in [1.54, 1.807) is 11.0 Å². The van der Waals surface area contributed by atoms with Gasteiger partial charge in [0.05, 0.1) is 16.6 Å². The lowest BCUT2D eigenvalue weighted by Crippen LogP contribution is -2.47. The van der Waals surface area contributed by atoms with E-state index in [0.717, 1.165) is 19.4 Å². The number of piperidine rings is 1. The van der Waals surface area contributed by atoms with Crippen molar-refractivity contribution in [1.29, 1.82) is 0 Å². The lowest BCUT2D eigenvalue weighted by molar-refractivity contribution is -0.137. The molecule has 2 aliphatic heterocycles. The summed E-state index contributed by atoms with van der Waals surface area (Å²) >= 11 is 6.20. The quantitative estimate of drug-likeness (QED) is 0.910. The van der Waals surface area contributed by atoms with E-state index in [0.29, 0.717) is 29.7 Å². The Labute approximate surface area is 147 Å². The Hall–Kier alpha value is -1.59. The van der Waals surface area contributed by atoms with Crippen LogP contribution in [0, 0.1) is 11.8 Å². The zero-order chi connectivity index (χ0) is 17.3. The van der Waals surface area contributed by atoms with Crippen molar-refractivity contribution < 1.29 is 9.59 Å². The molecule has 0 spiro atoms. The molecule has 0 radical (unpaired) electrons. The van der Waals surface area contributed by atoms with Crippen LogP contribution in [0.1, 0.15) is 26.2 Å². The largest absolute Gasteiger partial charge is 0.342 e. The number of hydrogen-bond acceptors (Lipinski definition) is 3. The van der Waals surface area contributed by atoms with Crippen LogP contribution in [0.25, 0.3) is 0 Å². The monoisotopic (exact) mass is 349 g/mol. The predicted octanol–water partition coefficient (Wildman–Crippen LogP) is 2.28. The van der Waals surface area contributed by atoms with Gasteiger partial charge < -0.3 is 15.5 Å². The summed E-state index contributed by atoms with van der Waals surface area (Å²) in [6.45, 7) is 3.86. The molecule has 1 aromatic rings. The SMILES string of the molecule is C[C@H](N)[C@@H]1CCCN(C(=O)[C@H]2CC(=O)N(c3ccccc3Cl)C2)C1. The van der Waals surface area contributed by atoms with Crippen LogP contribution >= 0.6 is 11.6 Å². The molecular formula is C18H24ClN3O2. The minimum absolute atomic E-state index is 0.0396. The van der Waals surface area contributed by atoms with Crippen molar-refractivity contribution in [3.8, 4) is 0 Å². The van der Waals surface area contributed by atoms with Crippen LogP contribution in [0.15, 0.2) is 24.3 Å². The van der Waals surface area contributed by atoms with Crippen molar-refractivity contribution in [1.82, 2.24) is 4.90 Å². The molecule has 3 rings (SSSR count). The highest BCUT2D eigenvalue weighted by molar-refractivity contribution is 6.33. The van der Waals surface area contributed by atoms with Gasteiger partial charge in [-0.1, -0.05) is 23.7 Å². The molecule has 3 atom stereocenters. The summed E-state index contributed by atoms with van der Waals surface area (Å²) in [6, 6.07) is 7.35. The summed E-state index contributed by atoms with van der Waals surface area (Å²) in [7, 11) is 0. The van der Waals surface area contributed by atoms with E-state index in [1.165, 1.54) is 0 Å². The summed E-state index contributed by atoms with van der Waals surface area (Å²) in [5, 5.41) is 0.536. The summed E-state index contributed by atoms with van der Waals surface area (Å²) in [5.74, 6) is 0.0885. The Morgan fingerprint density at radius 2 is 2.08 bits per heavy atom. The fraction of sp³-hybridized carbons (Fsp3) is 0.556. The number of carbonyl (C=O) groups excluding carboxylic acids is 2. The zero-order valence-electron chi connectivity index (χ0n) is 14.0. The maximum atomic E-state index is 12.8. The van der Waals surface area contributed by atoms with E-state index in [9.17, 15) is 9.59 Å². The Morgan fingerprint density at radius 3 is 2.79 bits per heavy atom. The molecule has 0 unspecified atom stereocenters. The van der Waals surface area contributed by atoms with Crippen LogP contribution in [0.3, 0.4) is 0 Å². The van der Waals surface area contributed by atoms with Gasteiger partial charge in [-0.3, -0.25) is 9.59 Å². The molecule has 5 nitrogen and oxygen atoms in total. The Morgan fingerprint density at radius 1 is 1.33 bits per heavy atom. The molecule has 2 N–H and O–H groups in total. The molecule has 1 aromatic carbocycles. The normalized spacial score (nSPS) is 25.9. The number of likely N-dealkylation sites (tertiary alicyclic amines) is 1. The molecule has 0 saturated carbocycles. The van der Waals surface area contributed by atoms with Crippen LogP contribution in [-0.4, -0.2) is 42.4 Å². The van der Waals surface area contributed by atoms with E-state index in [-0.39, 0.29) is 30.2 Å². The maximum absolute atomic E-state index is 12.8. The van der Waals surface area contributed by atoms with Crippen molar-refractivity contribution in [2.24, 2.45) is 17.6 Å². The van der Waals surface area contributed by atoms with Gasteiger partial charge in [-0.05, 0) is 37.8 Å². The maximum Gasteiger partial charge on any atom is 0.228 e. The number of halogens is 1. The molecule has 6 heteroatoms. The van der Waals surface area contributed by atoms with Gasteiger partial charge in [0.15, 0.2) is 0 Å². The van der Waals surface area contributed by atoms with Gasteiger partial charge in [-0.15, -0.1) is 0 Å². The van der Waals surface area contributed by atoms with Gasteiger partial charge in [-0.25, -0.2) is 0 Å². The fourth-order valence-corrected chi connectivity index (χ4v) is 3.91. The van der Waals surface area contributed by atoms with Gasteiger partial charge in [0.25, 0.3) is 0 Å². The Balaban J connectivity index is 1.69. The number of anilines is 1. The van der Waals surface area contributed by atoms with Gasteiger partial charge in [-0.2, -0.15) is 0 Å². The molecule has 2 amide bonds. The second-order valence-corrected chi connectivity index (χ2v) is 7.31. The first-order valence-electron chi connectivity index (χ1n) is 8.56. The van der Waals surface area contributed by atoms with Gasteiger partial charge in [0.2, 0.25) is 11.8 Å². The minimum atomic E-state index is -0.291. The van der Waals surface area contributed by atoms with Crippen molar-refractivity contribution >= 4 is 29.1 Å². The third kappa shape index (κ3) is 3.42. The number of rotatable bonds is 3. The third-order valence-corrected chi connectivity index (χ3v) is 5.45. The first kappa shape index (κ1) is 17.2. The topological polar surface area (TPSA) is 66.6 Å². The zero-order valence-corrected chi connectivity index (χ0v) is 14.7. The van der Waals surface area contributed by atoms with Crippen molar-refractivity contribution in [3.63, 3.8) is 0 Å². The lowest BCUT2D eigenvalue weighted by atomic mass is 9.91. The highest BCUT2D eigenvalue weighted by Gasteiger charge is 2.39. The molecule has 2 heterocycles. The molecule has 130 valence electrons. The van der Waals surface area contributed by atoms with E-state index in [4.69, 9.17) is 17.3 Å². The van der Waals surface area contributed by atoms with Crippen LogP contribution in [0.5, 0.6) is 0 Å². The lowest BCUT2D eigenvalue weighted by Gasteiger charge is -2.35. The van der Waals surface area contributed by atoms with Crippen molar-refractivity contribution in [2.75, 3.05) is 24.5 Å². The number of hydrogen-bond donors (Lipinski definition) is 1. The van der Waals surface area contributed by atoms with Gasteiger partial charge >= 0.3 is 0 Å². The van der Waals surface area contributed by atoms with Gasteiger partial charge in [0.1, 0.15) is 0 Å². The molecule has 24 heavy (non-hydrogen) atoms. The number of nitrogens with two attached hydrogens (primary N) is 1. The first-order chi connectivity index (χ1) is 11.5. The number of benzene rings is 1. The van der Waals surface area contributed by atoms with E-state index >= 15 is 0 Å². The van der Waals surface area contributed by atoms with E-state index in [1.807, 2.05) is 30.0 Å². The number of para-hydroxylation sites is 1. The molecular weight excluding hydrogens is 326 g/mol. The summed E-state index contributed by atoms with van der Waals surface area (Å²) in [4.78, 5) is 28.8. The van der Waals surface area contributed by atoms with Gasteiger partial charge in [0, 0.05) is 32.1 Å². The smallest absolute Gasteiger partial charge is 0.228 e. The van der Waals surface area contributed by atoms with Crippen LogP contribution in [-0.2, 0) is 9.59 Å². The Bertz CT molecular complexity index is 634. The predicted molar refractivity (Wildman–Crippen MR) is 94.9 cm³/mol. The number of amides is 2. The van der Waals surface area contributed by atoms with Crippen LogP contribution in [0.4, 0.5) is 5.69 Å². The van der Waals surface area contributed by atoms with Crippen molar-refractivity contribution in [2.45, 2.75) is 32.2 Å². The van der Waals surface area contributed by atoms with E-state index < -0.39 is 0 Å². The summed E-state index contributed by atoms with van der Waals surface area (Å²) < 4.78 is 0. The summed E-state index contributed by atoms with van der Waals surface area (Å²) in [6.07, 6.45) is 2.30. The fourth-order valence-electron chi connectivity index (χ4n) is 3.67. The molecule has 2 aliphatic rings.